The molecule has 1 atom stereocenters. The fraction of sp³-hybridized carbons (Fsp3) is 0.400. The van der Waals surface area contributed by atoms with Gasteiger partial charge in [0.25, 0.3) is 0 Å². The Morgan fingerprint density at radius 3 is 2.78 bits per heavy atom. The summed E-state index contributed by atoms with van der Waals surface area (Å²) >= 11 is 1.37. The molecule has 2 aromatic rings. The number of carbonyl (C=O) groups excluding carboxylic acids is 2. The van der Waals surface area contributed by atoms with Crippen LogP contribution in [0.4, 0.5) is 0 Å². The van der Waals surface area contributed by atoms with Gasteiger partial charge in [0.05, 0.1) is 12.8 Å². The zero-order chi connectivity index (χ0) is 19.1. The van der Waals surface area contributed by atoms with Crippen LogP contribution in [0, 0.1) is 0 Å². The molecule has 27 heavy (non-hydrogen) atoms. The van der Waals surface area contributed by atoms with Crippen LogP contribution >= 0.6 is 11.3 Å². The summed E-state index contributed by atoms with van der Waals surface area (Å²) in [6, 6.07) is 7.04. The van der Waals surface area contributed by atoms with Crippen LogP contribution in [0.5, 0.6) is 0 Å². The van der Waals surface area contributed by atoms with E-state index in [0.29, 0.717) is 12.3 Å². The predicted molar refractivity (Wildman–Crippen MR) is 103 cm³/mol. The molecule has 3 N–H and O–H groups in total. The van der Waals surface area contributed by atoms with Gasteiger partial charge in [-0.05, 0) is 56.4 Å². The first-order valence-electron chi connectivity index (χ1n) is 9.17. The second-order valence-corrected chi connectivity index (χ2v) is 7.72. The van der Waals surface area contributed by atoms with Crippen molar-refractivity contribution >= 4 is 23.2 Å². The molecule has 0 saturated heterocycles. The van der Waals surface area contributed by atoms with E-state index in [1.165, 1.54) is 36.0 Å². The number of furan rings is 1. The number of amides is 2. The molecular formula is C20H24N2O4S. The third kappa shape index (κ3) is 5.55. The Bertz CT molecular complexity index is 795. The third-order valence-corrected chi connectivity index (χ3v) is 5.65. The van der Waals surface area contributed by atoms with Crippen molar-refractivity contribution < 1.29 is 19.1 Å². The van der Waals surface area contributed by atoms with Crippen molar-refractivity contribution in [1.82, 2.24) is 10.6 Å². The summed E-state index contributed by atoms with van der Waals surface area (Å²) in [5.41, 5.74) is 1.36. The molecule has 1 aliphatic carbocycles. The Morgan fingerprint density at radius 1 is 1.19 bits per heavy atom. The molecule has 0 fully saturated rings. The van der Waals surface area contributed by atoms with Gasteiger partial charge in [0.15, 0.2) is 0 Å². The van der Waals surface area contributed by atoms with E-state index >= 15 is 0 Å². The number of aliphatic hydroxyl groups excluding tert-OH is 1. The number of rotatable bonds is 7. The number of thiophene rings is 1. The smallest absolute Gasteiger partial charge is 0.309 e. The lowest BCUT2D eigenvalue weighted by Crippen LogP contribution is -2.39. The summed E-state index contributed by atoms with van der Waals surface area (Å²) < 4.78 is 5.20. The second-order valence-electron chi connectivity index (χ2n) is 6.52. The Balaban J connectivity index is 1.40. The molecule has 144 valence electrons. The summed E-state index contributed by atoms with van der Waals surface area (Å²) in [6.45, 7) is 0.726. The van der Waals surface area contributed by atoms with Gasteiger partial charge in [-0.2, -0.15) is 0 Å². The molecule has 0 aromatic carbocycles. The number of hydrogen-bond donors (Lipinski definition) is 3. The summed E-state index contributed by atoms with van der Waals surface area (Å²) in [7, 11) is 0. The van der Waals surface area contributed by atoms with Crippen molar-refractivity contribution in [3.8, 4) is 0 Å². The number of hydrogen-bond acceptors (Lipinski definition) is 5. The summed E-state index contributed by atoms with van der Waals surface area (Å²) in [6.07, 6.45) is 8.37. The molecular weight excluding hydrogens is 364 g/mol. The molecule has 0 bridgehead atoms. The van der Waals surface area contributed by atoms with Crippen LogP contribution in [0.25, 0.3) is 0 Å². The molecule has 2 heterocycles. The van der Waals surface area contributed by atoms with Gasteiger partial charge >= 0.3 is 11.8 Å². The van der Waals surface area contributed by atoms with Gasteiger partial charge in [-0.25, -0.2) is 0 Å². The van der Waals surface area contributed by atoms with Crippen molar-refractivity contribution in [2.75, 3.05) is 6.54 Å². The Morgan fingerprint density at radius 2 is 2.04 bits per heavy atom. The van der Waals surface area contributed by atoms with Gasteiger partial charge in [-0.3, -0.25) is 9.59 Å². The summed E-state index contributed by atoms with van der Waals surface area (Å²) in [4.78, 5) is 25.4. The minimum Gasteiger partial charge on any atom is -0.466 e. The molecule has 2 amide bonds. The van der Waals surface area contributed by atoms with E-state index in [1.54, 1.807) is 18.2 Å². The van der Waals surface area contributed by atoms with Crippen molar-refractivity contribution in [2.24, 2.45) is 0 Å². The lowest BCUT2D eigenvalue weighted by molar-refractivity contribution is -0.139. The first-order valence-corrected chi connectivity index (χ1v) is 9.99. The van der Waals surface area contributed by atoms with Crippen LogP contribution in [0.1, 0.15) is 53.7 Å². The summed E-state index contributed by atoms with van der Waals surface area (Å²) in [5, 5.41) is 15.5. The van der Waals surface area contributed by atoms with Crippen LogP contribution in [-0.4, -0.2) is 23.5 Å². The molecule has 1 unspecified atom stereocenters. The molecule has 0 aliphatic heterocycles. The molecule has 1 aliphatic rings. The predicted octanol–water partition coefficient (Wildman–Crippen LogP) is 3.05. The van der Waals surface area contributed by atoms with E-state index in [2.05, 4.69) is 16.7 Å². The monoisotopic (exact) mass is 388 g/mol. The van der Waals surface area contributed by atoms with Gasteiger partial charge in [-0.15, -0.1) is 11.3 Å². The maximum Gasteiger partial charge on any atom is 0.309 e. The number of allylic oxidation sites excluding steroid dienone is 1. The Kier molecular flexibility index (Phi) is 6.84. The van der Waals surface area contributed by atoms with Crippen LogP contribution in [0.15, 0.2) is 46.6 Å². The van der Waals surface area contributed by atoms with Crippen molar-refractivity contribution in [3.05, 3.63) is 57.7 Å². The normalized spacial score (nSPS) is 15.1. The zero-order valence-corrected chi connectivity index (χ0v) is 15.9. The maximum atomic E-state index is 11.9. The average molecular weight is 388 g/mol. The lowest BCUT2D eigenvalue weighted by atomic mass is 9.97. The fourth-order valence-electron chi connectivity index (χ4n) is 3.02. The average Bonchev–Trinajstić information content (AvgIpc) is 3.38. The highest BCUT2D eigenvalue weighted by Crippen LogP contribution is 2.28. The van der Waals surface area contributed by atoms with Gasteiger partial charge in [0, 0.05) is 16.3 Å². The number of carbonyl (C=O) groups is 2. The van der Waals surface area contributed by atoms with Crippen molar-refractivity contribution in [2.45, 2.75) is 44.8 Å². The first kappa shape index (κ1) is 19.4. The molecule has 2 aromatic heterocycles. The largest absolute Gasteiger partial charge is 0.466 e. The lowest BCUT2D eigenvalue weighted by Gasteiger charge is -2.12. The Hall–Kier alpha value is -2.38. The van der Waals surface area contributed by atoms with Crippen molar-refractivity contribution in [1.29, 1.82) is 0 Å². The Labute approximate surface area is 162 Å². The van der Waals surface area contributed by atoms with Gasteiger partial charge < -0.3 is 20.2 Å². The molecule has 6 nitrogen and oxygen atoms in total. The highest BCUT2D eigenvalue weighted by Gasteiger charge is 2.17. The van der Waals surface area contributed by atoms with Gasteiger partial charge in [0.2, 0.25) is 0 Å². The minimum atomic E-state index is -0.827. The fourth-order valence-corrected chi connectivity index (χ4v) is 3.97. The van der Waals surface area contributed by atoms with Crippen LogP contribution < -0.4 is 10.6 Å². The van der Waals surface area contributed by atoms with E-state index in [4.69, 9.17) is 4.42 Å². The van der Waals surface area contributed by atoms with Gasteiger partial charge in [-0.1, -0.05) is 11.6 Å². The van der Waals surface area contributed by atoms with Crippen LogP contribution in [0.2, 0.25) is 0 Å². The van der Waals surface area contributed by atoms with Crippen molar-refractivity contribution in [3.63, 3.8) is 0 Å². The SMILES string of the molecule is O=C(NCCC1=CCCCC1)C(=O)NCc1ccc(C(O)c2ccco2)s1. The molecule has 0 spiro atoms. The topological polar surface area (TPSA) is 91.6 Å². The van der Waals surface area contributed by atoms with E-state index in [9.17, 15) is 14.7 Å². The molecule has 3 rings (SSSR count). The second kappa shape index (κ2) is 9.53. The minimum absolute atomic E-state index is 0.243. The molecule has 0 radical (unpaired) electrons. The van der Waals surface area contributed by atoms with E-state index in [-0.39, 0.29) is 6.54 Å². The van der Waals surface area contributed by atoms with Gasteiger partial charge in [0.1, 0.15) is 11.9 Å². The highest BCUT2D eigenvalue weighted by atomic mass is 32.1. The van der Waals surface area contributed by atoms with E-state index < -0.39 is 17.9 Å². The standard InChI is InChI=1S/C20H24N2O4S/c23-18(16-7-4-12-26-16)17-9-8-15(27-17)13-22-20(25)19(24)21-11-10-14-5-2-1-3-6-14/h4-5,7-9,12,18,23H,1-3,6,10-11,13H2,(H,21,24)(H,22,25). The highest BCUT2D eigenvalue weighted by molar-refractivity contribution is 7.12. The maximum absolute atomic E-state index is 11.9. The molecule has 7 heteroatoms. The van der Waals surface area contributed by atoms with E-state index in [0.717, 1.165) is 29.0 Å². The van der Waals surface area contributed by atoms with Crippen LogP contribution in [-0.2, 0) is 16.1 Å². The molecule has 0 saturated carbocycles. The summed E-state index contributed by atoms with van der Waals surface area (Å²) in [5.74, 6) is -0.784. The third-order valence-electron chi connectivity index (χ3n) is 4.51. The zero-order valence-electron chi connectivity index (χ0n) is 15.1. The number of nitrogens with one attached hydrogen (secondary N) is 2. The van der Waals surface area contributed by atoms with Crippen LogP contribution in [0.3, 0.4) is 0 Å². The number of aliphatic hydroxyl groups is 1. The van der Waals surface area contributed by atoms with E-state index in [1.807, 2.05) is 6.07 Å². The first-order chi connectivity index (χ1) is 13.1. The quantitative estimate of drug-likeness (QED) is 0.502.